The van der Waals surface area contributed by atoms with E-state index in [2.05, 4.69) is 23.5 Å². The van der Waals surface area contributed by atoms with Crippen molar-refractivity contribution < 1.29 is 4.79 Å². The van der Waals surface area contributed by atoms with E-state index in [4.69, 9.17) is 0 Å². The van der Waals surface area contributed by atoms with Crippen molar-refractivity contribution in [3.8, 4) is 0 Å². The van der Waals surface area contributed by atoms with Crippen LogP contribution < -0.4 is 10.2 Å². The van der Waals surface area contributed by atoms with Crippen molar-refractivity contribution in [2.45, 2.75) is 20.3 Å². The number of anilines is 3. The number of carbonyl (C=O) groups excluding carboxylic acids is 1. The van der Waals surface area contributed by atoms with Gasteiger partial charge < -0.3 is 10.2 Å². The zero-order chi connectivity index (χ0) is 18.4. The Kier molecular flexibility index (Phi) is 5.69. The Morgan fingerprint density at radius 1 is 0.885 bits per heavy atom. The third-order valence-electron chi connectivity index (χ3n) is 4.40. The molecule has 0 atom stereocenters. The number of para-hydroxylation sites is 1. The summed E-state index contributed by atoms with van der Waals surface area (Å²) < 4.78 is 0. The lowest BCUT2D eigenvalue weighted by molar-refractivity contribution is -0.116. The molecule has 132 valence electrons. The van der Waals surface area contributed by atoms with Gasteiger partial charge in [0, 0.05) is 30.5 Å². The lowest BCUT2D eigenvalue weighted by Crippen LogP contribution is -2.31. The van der Waals surface area contributed by atoms with Gasteiger partial charge in [-0.25, -0.2) is 0 Å². The molecule has 3 aromatic rings. The van der Waals surface area contributed by atoms with Crippen LogP contribution in [0.15, 0.2) is 78.9 Å². The van der Waals surface area contributed by atoms with Crippen molar-refractivity contribution in [1.29, 1.82) is 0 Å². The van der Waals surface area contributed by atoms with Crippen molar-refractivity contribution in [3.63, 3.8) is 0 Å². The summed E-state index contributed by atoms with van der Waals surface area (Å²) in [5.41, 5.74) is 5.34. The molecule has 3 aromatic carbocycles. The topological polar surface area (TPSA) is 32.3 Å². The summed E-state index contributed by atoms with van der Waals surface area (Å²) in [6.45, 7) is 4.34. The van der Waals surface area contributed by atoms with Gasteiger partial charge in [0.25, 0.3) is 0 Å². The second-order valence-electron chi connectivity index (χ2n) is 6.40. The lowest BCUT2D eigenvalue weighted by Gasteiger charge is -2.24. The fraction of sp³-hybridized carbons (Fsp3) is 0.174. The predicted octanol–water partition coefficient (Wildman–Crippen LogP) is 5.33. The van der Waals surface area contributed by atoms with Gasteiger partial charge in [-0.15, -0.1) is 0 Å². The molecule has 0 heterocycles. The number of hydrogen-bond acceptors (Lipinski definition) is 2. The summed E-state index contributed by atoms with van der Waals surface area (Å²) in [5.74, 6) is 0.0628. The molecule has 3 nitrogen and oxygen atoms in total. The molecule has 0 aromatic heterocycles. The van der Waals surface area contributed by atoms with E-state index in [1.165, 1.54) is 5.56 Å². The van der Waals surface area contributed by atoms with Crippen molar-refractivity contribution in [3.05, 3.63) is 90.0 Å². The monoisotopic (exact) mass is 344 g/mol. The van der Waals surface area contributed by atoms with Crippen LogP contribution in [0.4, 0.5) is 17.1 Å². The molecule has 0 unspecified atom stereocenters. The molecule has 0 radical (unpaired) electrons. The molecule has 0 fully saturated rings. The first-order valence-electron chi connectivity index (χ1n) is 8.88. The van der Waals surface area contributed by atoms with Crippen molar-refractivity contribution >= 4 is 23.0 Å². The molecule has 0 aliphatic carbocycles. The molecule has 3 rings (SSSR count). The van der Waals surface area contributed by atoms with E-state index >= 15 is 0 Å². The number of benzene rings is 3. The van der Waals surface area contributed by atoms with Crippen LogP contribution in [-0.2, 0) is 11.2 Å². The van der Waals surface area contributed by atoms with Gasteiger partial charge in [0.15, 0.2) is 0 Å². The molecule has 0 aliphatic heterocycles. The maximum atomic E-state index is 12.2. The van der Waals surface area contributed by atoms with Gasteiger partial charge in [0.05, 0.1) is 0 Å². The van der Waals surface area contributed by atoms with Crippen LogP contribution in [0.1, 0.15) is 18.1 Å². The molecule has 1 amide bonds. The number of amides is 1. The van der Waals surface area contributed by atoms with Gasteiger partial charge in [-0.05, 0) is 54.8 Å². The van der Waals surface area contributed by atoms with Gasteiger partial charge in [-0.3, -0.25) is 4.79 Å². The largest absolute Gasteiger partial charge is 0.356 e. The van der Waals surface area contributed by atoms with Crippen molar-refractivity contribution in [2.24, 2.45) is 0 Å². The smallest absolute Gasteiger partial charge is 0.223 e. The average Bonchev–Trinajstić information content (AvgIpc) is 2.65. The predicted molar refractivity (Wildman–Crippen MR) is 109 cm³/mol. The van der Waals surface area contributed by atoms with E-state index in [0.29, 0.717) is 6.54 Å². The molecular weight excluding hydrogens is 320 g/mol. The SMILES string of the molecule is CC(=O)N(CCc1ccccc1)c1ccc(Nc2ccccc2)cc1C. The summed E-state index contributed by atoms with van der Waals surface area (Å²) in [6, 6.07) is 26.5. The van der Waals surface area contributed by atoms with Crippen LogP contribution in [0, 0.1) is 6.92 Å². The first-order valence-corrected chi connectivity index (χ1v) is 8.88. The van der Waals surface area contributed by atoms with Gasteiger partial charge >= 0.3 is 0 Å². The Morgan fingerprint density at radius 3 is 2.15 bits per heavy atom. The summed E-state index contributed by atoms with van der Waals surface area (Å²) in [6.07, 6.45) is 0.837. The van der Waals surface area contributed by atoms with E-state index < -0.39 is 0 Å². The van der Waals surface area contributed by atoms with E-state index in [1.807, 2.05) is 72.5 Å². The van der Waals surface area contributed by atoms with Crippen LogP contribution in [0.2, 0.25) is 0 Å². The van der Waals surface area contributed by atoms with Crippen LogP contribution in [0.25, 0.3) is 0 Å². The minimum atomic E-state index is 0.0628. The lowest BCUT2D eigenvalue weighted by atomic mass is 10.1. The minimum Gasteiger partial charge on any atom is -0.356 e. The molecule has 0 aliphatic rings. The third kappa shape index (κ3) is 4.51. The zero-order valence-corrected chi connectivity index (χ0v) is 15.3. The number of rotatable bonds is 6. The number of nitrogens with one attached hydrogen (secondary N) is 1. The maximum Gasteiger partial charge on any atom is 0.223 e. The fourth-order valence-corrected chi connectivity index (χ4v) is 3.06. The maximum absolute atomic E-state index is 12.2. The van der Waals surface area contributed by atoms with Crippen LogP contribution in [0.3, 0.4) is 0 Å². The average molecular weight is 344 g/mol. The summed E-state index contributed by atoms with van der Waals surface area (Å²) in [4.78, 5) is 14.1. The molecule has 0 spiro atoms. The third-order valence-corrected chi connectivity index (χ3v) is 4.40. The Bertz CT molecular complexity index is 860. The Morgan fingerprint density at radius 2 is 1.54 bits per heavy atom. The second-order valence-corrected chi connectivity index (χ2v) is 6.40. The highest BCUT2D eigenvalue weighted by Gasteiger charge is 2.14. The first-order chi connectivity index (χ1) is 12.6. The molecular formula is C23H24N2O. The van der Waals surface area contributed by atoms with Crippen molar-refractivity contribution in [2.75, 3.05) is 16.8 Å². The molecule has 3 heteroatoms. The van der Waals surface area contributed by atoms with E-state index in [1.54, 1.807) is 6.92 Å². The molecule has 1 N–H and O–H groups in total. The summed E-state index contributed by atoms with van der Waals surface area (Å²) in [7, 11) is 0. The van der Waals surface area contributed by atoms with E-state index in [-0.39, 0.29) is 5.91 Å². The number of nitrogens with zero attached hydrogens (tertiary/aromatic N) is 1. The van der Waals surface area contributed by atoms with Crippen molar-refractivity contribution in [1.82, 2.24) is 0 Å². The highest BCUT2D eigenvalue weighted by Crippen LogP contribution is 2.26. The zero-order valence-electron chi connectivity index (χ0n) is 15.3. The van der Waals surface area contributed by atoms with Crippen LogP contribution in [-0.4, -0.2) is 12.5 Å². The second kappa shape index (κ2) is 8.34. The fourth-order valence-electron chi connectivity index (χ4n) is 3.06. The Hall–Kier alpha value is -3.07. The van der Waals surface area contributed by atoms with E-state index in [9.17, 15) is 4.79 Å². The number of hydrogen-bond donors (Lipinski definition) is 1. The highest BCUT2D eigenvalue weighted by molar-refractivity contribution is 5.92. The molecule has 0 saturated heterocycles. The molecule has 26 heavy (non-hydrogen) atoms. The number of aryl methyl sites for hydroxylation is 1. The van der Waals surface area contributed by atoms with Gasteiger partial charge in [0.1, 0.15) is 0 Å². The molecule has 0 bridgehead atoms. The summed E-state index contributed by atoms with van der Waals surface area (Å²) >= 11 is 0. The summed E-state index contributed by atoms with van der Waals surface area (Å²) in [5, 5.41) is 3.39. The normalized spacial score (nSPS) is 10.4. The van der Waals surface area contributed by atoms with Gasteiger partial charge in [-0.1, -0.05) is 48.5 Å². The van der Waals surface area contributed by atoms with Gasteiger partial charge in [-0.2, -0.15) is 0 Å². The standard InChI is InChI=1S/C23H24N2O/c1-18-17-22(24-21-11-7-4-8-12-21)13-14-23(18)25(19(2)26)16-15-20-9-5-3-6-10-20/h3-14,17,24H,15-16H2,1-2H3. The Labute approximate surface area is 155 Å². The quantitative estimate of drug-likeness (QED) is 0.655. The Balaban J connectivity index is 1.75. The molecule has 0 saturated carbocycles. The van der Waals surface area contributed by atoms with Gasteiger partial charge in [0.2, 0.25) is 5.91 Å². The first kappa shape index (κ1) is 17.7. The van der Waals surface area contributed by atoms with Crippen LogP contribution >= 0.6 is 0 Å². The number of carbonyl (C=O) groups is 1. The van der Waals surface area contributed by atoms with E-state index in [0.717, 1.165) is 29.0 Å². The highest BCUT2D eigenvalue weighted by atomic mass is 16.2. The van der Waals surface area contributed by atoms with Crippen LogP contribution in [0.5, 0.6) is 0 Å². The minimum absolute atomic E-state index is 0.0628.